The Morgan fingerprint density at radius 3 is 2.59 bits per heavy atom. The minimum absolute atomic E-state index is 0.000540. The number of aryl methyl sites for hydroxylation is 1. The molecule has 1 amide bonds. The molecule has 0 aliphatic carbocycles. The Hall–Kier alpha value is -2.38. The number of oxime groups is 1. The van der Waals surface area contributed by atoms with Gasteiger partial charge in [-0.15, -0.1) is 0 Å². The van der Waals surface area contributed by atoms with E-state index in [1.165, 1.54) is 13.3 Å². The van der Waals surface area contributed by atoms with E-state index in [-0.39, 0.29) is 17.0 Å². The normalized spacial score (nSPS) is 13.0. The van der Waals surface area contributed by atoms with Gasteiger partial charge in [-0.2, -0.15) is 0 Å². The fraction of sp³-hybridized carbons (Fsp3) is 0.571. The minimum Gasteiger partial charge on any atom is -0.453 e. The molecule has 0 bridgehead atoms. The van der Waals surface area contributed by atoms with Gasteiger partial charge < -0.3 is 19.4 Å². The maximum absolute atomic E-state index is 12.2. The van der Waals surface area contributed by atoms with Crippen LogP contribution in [-0.2, 0) is 9.57 Å². The molecule has 0 saturated carbocycles. The number of hydrogen-bond acceptors (Lipinski definition) is 7. The number of hydrogen-bond donors (Lipinski definition) is 1. The van der Waals surface area contributed by atoms with Gasteiger partial charge in [-0.25, -0.2) is 4.79 Å². The van der Waals surface area contributed by atoms with Crippen molar-refractivity contribution < 1.29 is 23.7 Å². The Balaban J connectivity index is 2.95. The van der Waals surface area contributed by atoms with Crippen molar-refractivity contribution >= 4 is 18.1 Å². The summed E-state index contributed by atoms with van der Waals surface area (Å²) in [5.74, 6) is -1.42. The van der Waals surface area contributed by atoms with Crippen molar-refractivity contribution in [2.75, 3.05) is 7.11 Å². The molecule has 0 fully saturated rings. The quantitative estimate of drug-likeness (QED) is 0.504. The fourth-order valence-corrected chi connectivity index (χ4v) is 1.57. The Bertz CT molecular complexity index is 572. The van der Waals surface area contributed by atoms with Crippen LogP contribution in [-0.4, -0.2) is 42.0 Å². The molecule has 1 aromatic heterocycles. The van der Waals surface area contributed by atoms with E-state index in [1.807, 2.05) is 20.8 Å². The van der Waals surface area contributed by atoms with Crippen LogP contribution in [0.25, 0.3) is 0 Å². The lowest BCUT2D eigenvalue weighted by Gasteiger charge is -2.19. The second-order valence-electron chi connectivity index (χ2n) is 5.72. The molecule has 0 saturated heterocycles. The Morgan fingerprint density at radius 1 is 1.41 bits per heavy atom. The van der Waals surface area contributed by atoms with E-state index in [4.69, 9.17) is 9.26 Å². The summed E-state index contributed by atoms with van der Waals surface area (Å²) in [5, 5.41) is 9.88. The topological polar surface area (TPSA) is 103 Å². The Labute approximate surface area is 128 Å². The summed E-state index contributed by atoms with van der Waals surface area (Å²) in [5.41, 5.74) is -0.198. The third-order valence-electron chi connectivity index (χ3n) is 2.43. The van der Waals surface area contributed by atoms with E-state index in [9.17, 15) is 9.59 Å². The molecule has 0 radical (unpaired) electrons. The number of rotatable bonds is 5. The SMILES string of the molecule is CO/N=C/C(C)OC(=O)c1c(C)noc1C(=O)NC(C)(C)C. The van der Waals surface area contributed by atoms with Crippen LogP contribution in [0, 0.1) is 6.92 Å². The number of amides is 1. The maximum atomic E-state index is 12.2. The molecule has 0 aliphatic heterocycles. The van der Waals surface area contributed by atoms with Gasteiger partial charge in [0.05, 0.1) is 11.9 Å². The average molecular weight is 311 g/mol. The Kier molecular flexibility index (Phi) is 5.67. The molecule has 8 nitrogen and oxygen atoms in total. The molecular weight excluding hydrogens is 290 g/mol. The van der Waals surface area contributed by atoms with E-state index in [0.29, 0.717) is 0 Å². The Morgan fingerprint density at radius 2 is 2.05 bits per heavy atom. The molecule has 0 aliphatic rings. The summed E-state index contributed by atoms with van der Waals surface area (Å²) in [7, 11) is 1.38. The van der Waals surface area contributed by atoms with Crippen LogP contribution in [0.4, 0.5) is 0 Å². The molecule has 1 atom stereocenters. The highest BCUT2D eigenvalue weighted by Crippen LogP contribution is 2.17. The zero-order chi connectivity index (χ0) is 16.9. The van der Waals surface area contributed by atoms with Crippen LogP contribution in [0.5, 0.6) is 0 Å². The van der Waals surface area contributed by atoms with Crippen molar-refractivity contribution in [2.24, 2.45) is 5.16 Å². The van der Waals surface area contributed by atoms with Gasteiger partial charge in [-0.1, -0.05) is 10.3 Å². The van der Waals surface area contributed by atoms with E-state index in [2.05, 4.69) is 20.5 Å². The summed E-state index contributed by atoms with van der Waals surface area (Å²) in [6, 6.07) is 0. The van der Waals surface area contributed by atoms with Gasteiger partial charge in [0.1, 0.15) is 18.8 Å². The van der Waals surface area contributed by atoms with Crippen LogP contribution in [0.15, 0.2) is 9.68 Å². The molecular formula is C14H21N3O5. The first kappa shape index (κ1) is 17.7. The van der Waals surface area contributed by atoms with Gasteiger partial charge in [-0.05, 0) is 34.6 Å². The smallest absolute Gasteiger partial charge is 0.344 e. The average Bonchev–Trinajstić information content (AvgIpc) is 2.76. The molecule has 0 aromatic carbocycles. The number of esters is 1. The van der Waals surface area contributed by atoms with Crippen LogP contribution in [0.3, 0.4) is 0 Å². The lowest BCUT2D eigenvalue weighted by atomic mass is 10.1. The zero-order valence-corrected chi connectivity index (χ0v) is 13.6. The molecule has 8 heteroatoms. The zero-order valence-electron chi connectivity index (χ0n) is 13.6. The second kappa shape index (κ2) is 7.06. The van der Waals surface area contributed by atoms with Crippen molar-refractivity contribution in [1.82, 2.24) is 10.5 Å². The third-order valence-corrected chi connectivity index (χ3v) is 2.43. The number of aromatic nitrogens is 1. The van der Waals surface area contributed by atoms with E-state index < -0.39 is 23.5 Å². The van der Waals surface area contributed by atoms with E-state index >= 15 is 0 Å². The van der Waals surface area contributed by atoms with Crippen molar-refractivity contribution in [1.29, 1.82) is 0 Å². The maximum Gasteiger partial charge on any atom is 0.344 e. The van der Waals surface area contributed by atoms with E-state index in [0.717, 1.165) is 0 Å². The molecule has 1 unspecified atom stereocenters. The number of carbonyl (C=O) groups excluding carboxylic acids is 2. The monoisotopic (exact) mass is 311 g/mol. The molecule has 22 heavy (non-hydrogen) atoms. The first-order valence-electron chi connectivity index (χ1n) is 6.72. The van der Waals surface area contributed by atoms with E-state index in [1.54, 1.807) is 13.8 Å². The molecule has 122 valence electrons. The van der Waals surface area contributed by atoms with Gasteiger partial charge in [0.15, 0.2) is 0 Å². The highest BCUT2D eigenvalue weighted by molar-refractivity contribution is 6.04. The predicted octanol–water partition coefficient (Wildman–Crippen LogP) is 1.69. The number of nitrogens with zero attached hydrogens (tertiary/aromatic N) is 2. The highest BCUT2D eigenvalue weighted by Gasteiger charge is 2.29. The highest BCUT2D eigenvalue weighted by atomic mass is 16.6. The lowest BCUT2D eigenvalue weighted by Crippen LogP contribution is -2.41. The van der Waals surface area contributed by atoms with Crippen molar-refractivity contribution in [3.63, 3.8) is 0 Å². The summed E-state index contributed by atoms with van der Waals surface area (Å²) in [6.45, 7) is 8.61. The first-order chi connectivity index (χ1) is 10.2. The van der Waals surface area contributed by atoms with Crippen LogP contribution in [0.2, 0.25) is 0 Å². The molecule has 1 rings (SSSR count). The minimum atomic E-state index is -0.715. The predicted molar refractivity (Wildman–Crippen MR) is 78.8 cm³/mol. The largest absolute Gasteiger partial charge is 0.453 e. The molecule has 1 heterocycles. The van der Waals surface area contributed by atoms with Gasteiger partial charge in [-0.3, -0.25) is 4.79 Å². The molecule has 1 N–H and O–H groups in total. The summed E-state index contributed by atoms with van der Waals surface area (Å²) in [6.07, 6.45) is 0.690. The third kappa shape index (κ3) is 4.87. The van der Waals surface area contributed by atoms with Crippen LogP contribution < -0.4 is 5.32 Å². The number of nitrogens with one attached hydrogen (secondary N) is 1. The van der Waals surface area contributed by atoms with Crippen molar-refractivity contribution in [3.05, 3.63) is 17.0 Å². The van der Waals surface area contributed by atoms with Gasteiger partial charge in [0.2, 0.25) is 5.76 Å². The lowest BCUT2D eigenvalue weighted by molar-refractivity contribution is 0.0447. The summed E-state index contributed by atoms with van der Waals surface area (Å²) >= 11 is 0. The van der Waals surface area contributed by atoms with Gasteiger partial charge >= 0.3 is 5.97 Å². The number of ether oxygens (including phenoxy) is 1. The van der Waals surface area contributed by atoms with Crippen LogP contribution in [0.1, 0.15) is 54.3 Å². The van der Waals surface area contributed by atoms with Crippen LogP contribution >= 0.6 is 0 Å². The van der Waals surface area contributed by atoms with Gasteiger partial charge in [0, 0.05) is 5.54 Å². The molecule has 0 spiro atoms. The number of carbonyl (C=O) groups is 2. The standard InChI is InChI=1S/C14H21N3O5/c1-8(7-15-20-6)21-13(19)10-9(2)17-22-11(10)12(18)16-14(3,4)5/h7-8H,1-6H3,(H,16,18)/b15-7+. The van der Waals surface area contributed by atoms with Crippen molar-refractivity contribution in [3.8, 4) is 0 Å². The van der Waals surface area contributed by atoms with Gasteiger partial charge in [0.25, 0.3) is 5.91 Å². The summed E-state index contributed by atoms with van der Waals surface area (Å²) in [4.78, 5) is 28.9. The summed E-state index contributed by atoms with van der Waals surface area (Å²) < 4.78 is 10.1. The van der Waals surface area contributed by atoms with Crippen molar-refractivity contribution in [2.45, 2.75) is 46.3 Å². The molecule has 1 aromatic rings. The first-order valence-corrected chi connectivity index (χ1v) is 6.72. The second-order valence-corrected chi connectivity index (χ2v) is 5.72. The fourth-order valence-electron chi connectivity index (χ4n) is 1.57.